The number of esters is 1. The number of carbonyl (C=O) groups excluding carboxylic acids is 1. The van der Waals surface area contributed by atoms with Crippen LogP contribution in [0.4, 0.5) is 8.78 Å². The van der Waals surface area contributed by atoms with Crippen molar-refractivity contribution in [2.45, 2.75) is 50.0 Å². The second-order valence-electron chi connectivity index (χ2n) is 10.5. The minimum absolute atomic E-state index is 0.0971. The van der Waals surface area contributed by atoms with E-state index >= 15 is 0 Å². The Bertz CT molecular complexity index is 1420. The van der Waals surface area contributed by atoms with Gasteiger partial charge in [0.05, 0.1) is 13.5 Å². The molecule has 0 aliphatic heterocycles. The summed E-state index contributed by atoms with van der Waals surface area (Å²) in [6, 6.07) is 34.4. The molecule has 1 aliphatic rings. The molecule has 5 rings (SSSR count). The molecule has 0 heterocycles. The first-order valence-electron chi connectivity index (χ1n) is 13.9. The van der Waals surface area contributed by atoms with E-state index in [4.69, 9.17) is 9.47 Å². The van der Waals surface area contributed by atoms with Gasteiger partial charge < -0.3 is 14.2 Å². The van der Waals surface area contributed by atoms with Gasteiger partial charge in [-0.25, -0.2) is 8.78 Å². The molecule has 0 radical (unpaired) electrons. The van der Waals surface area contributed by atoms with Crippen molar-refractivity contribution < 1.29 is 27.8 Å². The molecule has 1 aliphatic carbocycles. The van der Waals surface area contributed by atoms with Gasteiger partial charge in [0.1, 0.15) is 18.1 Å². The summed E-state index contributed by atoms with van der Waals surface area (Å²) in [6.45, 7) is -0.285. The van der Waals surface area contributed by atoms with E-state index < -0.39 is 24.9 Å². The van der Waals surface area contributed by atoms with Gasteiger partial charge in [0.15, 0.2) is 6.61 Å². The number of ether oxygens (including phenoxy) is 3. The minimum atomic E-state index is -3.13. The number of fused-ring (bicyclic) bond motifs is 1. The lowest BCUT2D eigenvalue weighted by atomic mass is 9.69. The van der Waals surface area contributed by atoms with Crippen molar-refractivity contribution in [2.24, 2.45) is 0 Å². The lowest BCUT2D eigenvalue weighted by Crippen LogP contribution is -2.26. The summed E-state index contributed by atoms with van der Waals surface area (Å²) in [4.78, 5) is 11.2. The zero-order chi connectivity index (χ0) is 28.7. The molecule has 0 N–H and O–H groups in total. The molecule has 1 unspecified atom stereocenters. The van der Waals surface area contributed by atoms with Gasteiger partial charge in [-0.15, -0.1) is 0 Å². The van der Waals surface area contributed by atoms with E-state index in [1.807, 2.05) is 42.5 Å². The maximum Gasteiger partial charge on any atom is 0.305 e. The number of methoxy groups -OCH3 is 1. The molecule has 41 heavy (non-hydrogen) atoms. The van der Waals surface area contributed by atoms with E-state index in [0.29, 0.717) is 12.4 Å². The molecule has 4 nitrogen and oxygen atoms in total. The predicted octanol–water partition coefficient (Wildman–Crippen LogP) is 8.09. The Labute approximate surface area is 239 Å². The Balaban J connectivity index is 1.35. The fraction of sp³-hybridized carbons (Fsp3) is 0.286. The normalized spacial score (nSPS) is 16.5. The molecule has 4 aromatic rings. The number of hydrogen-bond donors (Lipinski definition) is 0. The Hall–Kier alpha value is -4.19. The van der Waals surface area contributed by atoms with Crippen molar-refractivity contribution in [3.63, 3.8) is 0 Å². The molecule has 212 valence electrons. The van der Waals surface area contributed by atoms with Crippen LogP contribution in [0.5, 0.6) is 11.5 Å². The molecule has 0 spiro atoms. The number of aryl methyl sites for hydroxylation is 1. The Morgan fingerprint density at radius 1 is 0.829 bits per heavy atom. The highest BCUT2D eigenvalue weighted by atomic mass is 19.3. The van der Waals surface area contributed by atoms with Crippen molar-refractivity contribution in [1.82, 2.24) is 0 Å². The topological polar surface area (TPSA) is 44.8 Å². The van der Waals surface area contributed by atoms with Gasteiger partial charge in [0.25, 0.3) is 5.92 Å². The van der Waals surface area contributed by atoms with Gasteiger partial charge in [-0.2, -0.15) is 0 Å². The highest BCUT2D eigenvalue weighted by molar-refractivity contribution is 5.69. The molecule has 6 heteroatoms. The van der Waals surface area contributed by atoms with E-state index in [9.17, 15) is 13.6 Å². The van der Waals surface area contributed by atoms with Crippen molar-refractivity contribution in [2.75, 3.05) is 13.7 Å². The Kier molecular flexibility index (Phi) is 8.98. The van der Waals surface area contributed by atoms with Gasteiger partial charge in [-0.1, -0.05) is 78.9 Å². The smallest absolute Gasteiger partial charge is 0.305 e. The first-order chi connectivity index (χ1) is 19.9. The van der Waals surface area contributed by atoms with Crippen LogP contribution in [0.1, 0.15) is 58.9 Å². The van der Waals surface area contributed by atoms with Gasteiger partial charge in [-0.05, 0) is 70.8 Å². The lowest BCUT2D eigenvalue weighted by Gasteiger charge is -2.35. The number of benzene rings is 4. The standard InChI is InChI=1S/C35H34F2O4/c1-39-33(38)20-21-35(36,37)24-41-29-15-12-27(13-16-29)34-31(26-10-6-3-7-11-26)18-14-28-22-30(17-19-32(28)34)40-23-25-8-4-2-5-9-25/h2-13,15-17,19,22,31,34H,14,18,20-21,23-24H2,1H3/t31?,34-/m0/s1. The molecule has 2 atom stereocenters. The molecular formula is C35H34F2O4. The molecule has 0 saturated heterocycles. The van der Waals surface area contributed by atoms with E-state index in [0.717, 1.165) is 29.7 Å². The van der Waals surface area contributed by atoms with Crippen LogP contribution in [-0.4, -0.2) is 25.6 Å². The average Bonchev–Trinajstić information content (AvgIpc) is 3.02. The monoisotopic (exact) mass is 556 g/mol. The second kappa shape index (κ2) is 13.0. The van der Waals surface area contributed by atoms with Crippen LogP contribution >= 0.6 is 0 Å². The van der Waals surface area contributed by atoms with E-state index in [1.54, 1.807) is 12.1 Å². The van der Waals surface area contributed by atoms with Crippen LogP contribution in [0.25, 0.3) is 0 Å². The van der Waals surface area contributed by atoms with Crippen molar-refractivity contribution in [3.8, 4) is 11.5 Å². The maximum absolute atomic E-state index is 14.2. The van der Waals surface area contributed by atoms with Gasteiger partial charge in [-0.3, -0.25) is 4.79 Å². The van der Waals surface area contributed by atoms with E-state index in [1.165, 1.54) is 23.8 Å². The SMILES string of the molecule is COC(=O)CCC(F)(F)COc1ccc([C@@H]2c3ccc(OCc4ccccc4)cc3CCC2c2ccccc2)cc1. The van der Waals surface area contributed by atoms with Crippen molar-refractivity contribution in [3.05, 3.63) is 131 Å². The number of carbonyl (C=O) groups is 1. The quantitative estimate of drug-likeness (QED) is 0.175. The zero-order valence-corrected chi connectivity index (χ0v) is 23.1. The summed E-state index contributed by atoms with van der Waals surface area (Å²) in [6.07, 6.45) is 0.948. The summed E-state index contributed by atoms with van der Waals surface area (Å²) in [5, 5.41) is 0. The highest BCUT2D eigenvalue weighted by Gasteiger charge is 2.33. The Morgan fingerprint density at radius 2 is 1.51 bits per heavy atom. The van der Waals surface area contributed by atoms with Crippen LogP contribution in [0.15, 0.2) is 103 Å². The van der Waals surface area contributed by atoms with Crippen LogP contribution in [0.3, 0.4) is 0 Å². The number of alkyl halides is 2. The molecule has 0 saturated carbocycles. The first kappa shape index (κ1) is 28.3. The average molecular weight is 557 g/mol. The summed E-state index contributed by atoms with van der Waals surface area (Å²) < 4.78 is 44.4. The third-order valence-electron chi connectivity index (χ3n) is 7.66. The predicted molar refractivity (Wildman–Crippen MR) is 155 cm³/mol. The summed E-state index contributed by atoms with van der Waals surface area (Å²) >= 11 is 0. The number of halogens is 2. The van der Waals surface area contributed by atoms with Crippen LogP contribution in [0, 0.1) is 0 Å². The van der Waals surface area contributed by atoms with Gasteiger partial charge in [0.2, 0.25) is 0 Å². The zero-order valence-electron chi connectivity index (χ0n) is 23.1. The molecule has 0 aromatic heterocycles. The minimum Gasteiger partial charge on any atom is -0.489 e. The maximum atomic E-state index is 14.2. The molecule has 4 aromatic carbocycles. The molecule has 0 fully saturated rings. The number of rotatable bonds is 11. The summed E-state index contributed by atoms with van der Waals surface area (Å²) in [5.41, 5.74) is 6.01. The van der Waals surface area contributed by atoms with E-state index in [2.05, 4.69) is 53.3 Å². The van der Waals surface area contributed by atoms with Crippen LogP contribution in [-0.2, 0) is 22.6 Å². The molecule has 0 amide bonds. The fourth-order valence-corrected chi connectivity index (χ4v) is 5.52. The third kappa shape index (κ3) is 7.31. The molecule has 0 bridgehead atoms. The van der Waals surface area contributed by atoms with Crippen molar-refractivity contribution >= 4 is 5.97 Å². The van der Waals surface area contributed by atoms with E-state index in [-0.39, 0.29) is 18.3 Å². The summed E-state index contributed by atoms with van der Waals surface area (Å²) in [7, 11) is 1.18. The molecular weight excluding hydrogens is 522 g/mol. The Morgan fingerprint density at radius 3 is 2.22 bits per heavy atom. The first-order valence-corrected chi connectivity index (χ1v) is 13.9. The van der Waals surface area contributed by atoms with Crippen molar-refractivity contribution in [1.29, 1.82) is 0 Å². The third-order valence-corrected chi connectivity index (χ3v) is 7.66. The lowest BCUT2D eigenvalue weighted by molar-refractivity contribution is -0.143. The second-order valence-corrected chi connectivity index (χ2v) is 10.5. The van der Waals surface area contributed by atoms with Crippen LogP contribution in [0.2, 0.25) is 0 Å². The highest BCUT2D eigenvalue weighted by Crippen LogP contribution is 2.47. The summed E-state index contributed by atoms with van der Waals surface area (Å²) in [5.74, 6) is -2.21. The van der Waals surface area contributed by atoms with Crippen LogP contribution < -0.4 is 9.47 Å². The van der Waals surface area contributed by atoms with Gasteiger partial charge >= 0.3 is 5.97 Å². The fourth-order valence-electron chi connectivity index (χ4n) is 5.52. The largest absolute Gasteiger partial charge is 0.489 e. The number of hydrogen-bond acceptors (Lipinski definition) is 4. The van der Waals surface area contributed by atoms with Gasteiger partial charge in [0, 0.05) is 12.3 Å².